The summed E-state index contributed by atoms with van der Waals surface area (Å²) in [5, 5.41) is 2.71. The average molecular weight is 163 g/mol. The van der Waals surface area contributed by atoms with E-state index in [0.29, 0.717) is 6.42 Å². The molecule has 0 aromatic heterocycles. The van der Waals surface area contributed by atoms with Crippen LogP contribution in [0, 0.1) is 11.8 Å². The van der Waals surface area contributed by atoms with Crippen LogP contribution >= 0.6 is 0 Å². The Hall–Kier alpha value is -0.180. The molecule has 0 aliphatic carbocycles. The second-order valence-electron chi connectivity index (χ2n) is 3.58. The van der Waals surface area contributed by atoms with E-state index in [2.05, 4.69) is 5.32 Å². The molecular formula is C8H15F2N. The van der Waals surface area contributed by atoms with Crippen molar-refractivity contribution in [2.45, 2.75) is 26.2 Å². The summed E-state index contributed by atoms with van der Waals surface area (Å²) in [7, 11) is 0. The summed E-state index contributed by atoms with van der Waals surface area (Å²) in [5.41, 5.74) is 0. The van der Waals surface area contributed by atoms with E-state index < -0.39 is 11.8 Å². The Balaban J connectivity index is 2.60. The molecule has 0 aromatic rings. The standard InChI is InChI=1S/C8H15F2N/c1-6(2)7-3-4-11-5-8(7,9)10/h6-7,11H,3-5H2,1-2H3/t7-/m1/s1. The van der Waals surface area contributed by atoms with Gasteiger partial charge in [-0.15, -0.1) is 0 Å². The van der Waals surface area contributed by atoms with E-state index in [1.165, 1.54) is 0 Å². The van der Waals surface area contributed by atoms with Gasteiger partial charge in [-0.1, -0.05) is 13.8 Å². The summed E-state index contributed by atoms with van der Waals surface area (Å²) >= 11 is 0. The topological polar surface area (TPSA) is 12.0 Å². The zero-order valence-electron chi connectivity index (χ0n) is 7.03. The lowest BCUT2D eigenvalue weighted by Crippen LogP contribution is -2.47. The number of hydrogen-bond acceptors (Lipinski definition) is 1. The number of halogens is 2. The smallest absolute Gasteiger partial charge is 0.263 e. The van der Waals surface area contributed by atoms with Crippen molar-refractivity contribution in [1.29, 1.82) is 0 Å². The number of rotatable bonds is 1. The van der Waals surface area contributed by atoms with E-state index in [4.69, 9.17) is 0 Å². The first kappa shape index (κ1) is 8.91. The molecule has 11 heavy (non-hydrogen) atoms. The first-order valence-electron chi connectivity index (χ1n) is 4.12. The molecule has 1 saturated heterocycles. The van der Waals surface area contributed by atoms with Crippen LogP contribution in [0.4, 0.5) is 8.78 Å². The van der Waals surface area contributed by atoms with Crippen molar-refractivity contribution in [1.82, 2.24) is 5.32 Å². The van der Waals surface area contributed by atoms with Gasteiger partial charge in [0.2, 0.25) is 0 Å². The fourth-order valence-electron chi connectivity index (χ4n) is 1.68. The van der Waals surface area contributed by atoms with Crippen molar-refractivity contribution in [2.24, 2.45) is 11.8 Å². The van der Waals surface area contributed by atoms with Gasteiger partial charge in [-0.3, -0.25) is 0 Å². The lowest BCUT2D eigenvalue weighted by Gasteiger charge is -2.34. The molecule has 1 fully saturated rings. The fraction of sp³-hybridized carbons (Fsp3) is 1.00. The van der Waals surface area contributed by atoms with Gasteiger partial charge in [0.1, 0.15) is 0 Å². The third kappa shape index (κ3) is 1.89. The number of hydrogen-bond donors (Lipinski definition) is 1. The van der Waals surface area contributed by atoms with Crippen LogP contribution in [0.15, 0.2) is 0 Å². The summed E-state index contributed by atoms with van der Waals surface area (Å²) in [4.78, 5) is 0. The molecule has 3 heteroatoms. The monoisotopic (exact) mass is 163 g/mol. The lowest BCUT2D eigenvalue weighted by molar-refractivity contribution is -0.0895. The minimum Gasteiger partial charge on any atom is -0.311 e. The van der Waals surface area contributed by atoms with Crippen LogP contribution in [0.25, 0.3) is 0 Å². The summed E-state index contributed by atoms with van der Waals surface area (Å²) in [6.45, 7) is 4.32. The van der Waals surface area contributed by atoms with Crippen molar-refractivity contribution in [3.05, 3.63) is 0 Å². The van der Waals surface area contributed by atoms with E-state index in [-0.39, 0.29) is 12.5 Å². The zero-order valence-corrected chi connectivity index (χ0v) is 7.03. The quantitative estimate of drug-likeness (QED) is 0.622. The highest BCUT2D eigenvalue weighted by molar-refractivity contribution is 4.85. The molecule has 0 amide bonds. The lowest BCUT2D eigenvalue weighted by atomic mass is 9.84. The van der Waals surface area contributed by atoms with Gasteiger partial charge >= 0.3 is 0 Å². The minimum atomic E-state index is -2.49. The molecule has 1 rings (SSSR count). The third-order valence-electron chi connectivity index (χ3n) is 2.34. The van der Waals surface area contributed by atoms with Gasteiger partial charge < -0.3 is 5.32 Å². The molecule has 0 unspecified atom stereocenters. The Morgan fingerprint density at radius 1 is 1.45 bits per heavy atom. The molecule has 1 nitrogen and oxygen atoms in total. The van der Waals surface area contributed by atoms with Crippen LogP contribution in [-0.2, 0) is 0 Å². The molecule has 0 spiro atoms. The largest absolute Gasteiger partial charge is 0.311 e. The van der Waals surface area contributed by atoms with Crippen molar-refractivity contribution in [3.8, 4) is 0 Å². The van der Waals surface area contributed by atoms with Crippen molar-refractivity contribution in [3.63, 3.8) is 0 Å². The predicted octanol–water partition coefficient (Wildman–Crippen LogP) is 1.89. The first-order valence-corrected chi connectivity index (χ1v) is 4.12. The van der Waals surface area contributed by atoms with Gasteiger partial charge in [0.05, 0.1) is 6.54 Å². The highest BCUT2D eigenvalue weighted by atomic mass is 19.3. The van der Waals surface area contributed by atoms with E-state index in [0.717, 1.165) is 6.54 Å². The van der Waals surface area contributed by atoms with Gasteiger partial charge in [0, 0.05) is 5.92 Å². The Bertz CT molecular complexity index is 134. The van der Waals surface area contributed by atoms with Crippen LogP contribution in [0.1, 0.15) is 20.3 Å². The highest BCUT2D eigenvalue weighted by Crippen LogP contribution is 2.34. The van der Waals surface area contributed by atoms with Gasteiger partial charge in [-0.2, -0.15) is 0 Å². The first-order chi connectivity index (χ1) is 5.04. The second kappa shape index (κ2) is 3.05. The van der Waals surface area contributed by atoms with E-state index in [1.54, 1.807) is 0 Å². The normalized spacial score (nSPS) is 30.8. The highest BCUT2D eigenvalue weighted by Gasteiger charge is 2.42. The molecule has 1 atom stereocenters. The Kier molecular flexibility index (Phi) is 2.47. The number of nitrogens with one attached hydrogen (secondary N) is 1. The van der Waals surface area contributed by atoms with Crippen molar-refractivity contribution in [2.75, 3.05) is 13.1 Å². The zero-order chi connectivity index (χ0) is 8.48. The van der Waals surface area contributed by atoms with Crippen molar-refractivity contribution < 1.29 is 8.78 Å². The van der Waals surface area contributed by atoms with Crippen LogP contribution in [-0.4, -0.2) is 19.0 Å². The minimum absolute atomic E-state index is 0.0899. The summed E-state index contributed by atoms with van der Waals surface area (Å²) in [6, 6.07) is 0. The van der Waals surface area contributed by atoms with Gasteiger partial charge in [0.25, 0.3) is 5.92 Å². The Morgan fingerprint density at radius 2 is 2.09 bits per heavy atom. The van der Waals surface area contributed by atoms with E-state index in [1.807, 2.05) is 13.8 Å². The van der Waals surface area contributed by atoms with Crippen LogP contribution < -0.4 is 5.32 Å². The molecule has 0 bridgehead atoms. The Labute approximate surface area is 66.2 Å². The molecule has 1 N–H and O–H groups in total. The van der Waals surface area contributed by atoms with Crippen LogP contribution in [0.2, 0.25) is 0 Å². The average Bonchev–Trinajstić information content (AvgIpc) is 1.85. The van der Waals surface area contributed by atoms with Gasteiger partial charge in [0.15, 0.2) is 0 Å². The Morgan fingerprint density at radius 3 is 2.45 bits per heavy atom. The fourth-order valence-corrected chi connectivity index (χ4v) is 1.68. The van der Waals surface area contributed by atoms with Crippen LogP contribution in [0.3, 0.4) is 0 Å². The molecule has 0 radical (unpaired) electrons. The number of alkyl halides is 2. The van der Waals surface area contributed by atoms with E-state index in [9.17, 15) is 8.78 Å². The molecular weight excluding hydrogens is 148 g/mol. The number of piperidine rings is 1. The maximum Gasteiger partial charge on any atom is 0.263 e. The molecule has 1 heterocycles. The predicted molar refractivity (Wildman–Crippen MR) is 40.8 cm³/mol. The molecule has 1 aliphatic rings. The van der Waals surface area contributed by atoms with Crippen LogP contribution in [0.5, 0.6) is 0 Å². The maximum atomic E-state index is 13.1. The summed E-state index contributed by atoms with van der Waals surface area (Å²) < 4.78 is 26.1. The molecule has 1 aliphatic heterocycles. The van der Waals surface area contributed by atoms with Gasteiger partial charge in [-0.25, -0.2) is 8.78 Å². The molecule has 0 saturated carbocycles. The summed E-state index contributed by atoms with van der Waals surface area (Å²) in [5.74, 6) is -2.83. The summed E-state index contributed by atoms with van der Waals surface area (Å²) in [6.07, 6.45) is 0.602. The molecule has 66 valence electrons. The van der Waals surface area contributed by atoms with Crippen molar-refractivity contribution >= 4 is 0 Å². The SMILES string of the molecule is CC(C)[C@H]1CCNCC1(F)F. The van der Waals surface area contributed by atoms with Gasteiger partial charge in [-0.05, 0) is 18.9 Å². The van der Waals surface area contributed by atoms with E-state index >= 15 is 0 Å². The maximum absolute atomic E-state index is 13.1. The third-order valence-corrected chi connectivity index (χ3v) is 2.34. The second-order valence-corrected chi connectivity index (χ2v) is 3.58. The molecule has 0 aromatic carbocycles.